The average Bonchev–Trinajstić information content (AvgIpc) is 3.35. The van der Waals surface area contributed by atoms with Crippen LogP contribution in [0.5, 0.6) is 5.75 Å². The van der Waals surface area contributed by atoms with Crippen LogP contribution < -0.4 is 19.7 Å². The minimum Gasteiger partial charge on any atom is -0.490 e. The predicted molar refractivity (Wildman–Crippen MR) is 219 cm³/mol. The molecule has 12 nitrogen and oxygen atoms in total. The molecule has 2 aliphatic carbocycles. The van der Waals surface area contributed by atoms with E-state index < -0.39 is 26.8 Å². The lowest BCUT2D eigenvalue weighted by Crippen LogP contribution is -2.53. The second kappa shape index (κ2) is 17.4. The summed E-state index contributed by atoms with van der Waals surface area (Å²) in [5.74, 6) is -0.235. The number of anilines is 1. The van der Waals surface area contributed by atoms with Crippen LogP contribution in [0, 0.1) is 17.8 Å². The van der Waals surface area contributed by atoms with E-state index in [9.17, 15) is 22.8 Å². The van der Waals surface area contributed by atoms with Crippen LogP contribution >= 0.6 is 11.6 Å². The van der Waals surface area contributed by atoms with Gasteiger partial charge in [-0.1, -0.05) is 30.7 Å². The van der Waals surface area contributed by atoms with E-state index in [1.54, 1.807) is 32.2 Å². The standard InChI is InChI=1S/C34H41ClN2O6S.C9H16N2O2/c1-22-6-4-15-34(20-38,42-3)29-11-8-26(29)18-37-19-33(14-5-7-24-16-27(35)10-12-28(24)33)21-43-31-13-9-25(17-30(31)37)32(39)36-44(40,41)23(22)2;12-9-7-8(1-6-13-9)11-4-2-10-3-5-11/h4,9-10,12-13,15-17,20,22-23,26,29H,5-8,11,14,18-19,21H2,1-3H3,(H,36,39);8,10H,1-7H2/b15-4+;/t22-,23+,26-,29+,33-,34+;/m0./s1. The van der Waals surface area contributed by atoms with E-state index in [0.717, 1.165) is 76.7 Å². The van der Waals surface area contributed by atoms with E-state index in [4.69, 9.17) is 25.8 Å². The quantitative estimate of drug-likeness (QED) is 0.244. The molecular weight excluding hydrogens is 768 g/mol. The predicted octanol–water partition coefficient (Wildman–Crippen LogP) is 5.06. The number of ether oxygens (including phenoxy) is 3. The Labute approximate surface area is 342 Å². The number of hydrogen-bond donors (Lipinski definition) is 2. The van der Waals surface area contributed by atoms with Crippen molar-refractivity contribution < 1.29 is 37.0 Å². The summed E-state index contributed by atoms with van der Waals surface area (Å²) < 4.78 is 46.3. The summed E-state index contributed by atoms with van der Waals surface area (Å²) in [6.07, 6.45) is 11.2. The van der Waals surface area contributed by atoms with E-state index in [1.807, 2.05) is 25.1 Å². The molecule has 2 aromatic carbocycles. The number of amides is 1. The van der Waals surface area contributed by atoms with Crippen molar-refractivity contribution in [1.29, 1.82) is 0 Å². The first-order valence-corrected chi connectivity index (χ1v) is 22.5. The molecule has 1 spiro atoms. The topological polar surface area (TPSA) is 144 Å². The molecule has 1 amide bonds. The fourth-order valence-corrected chi connectivity index (χ4v) is 11.2. The highest BCUT2D eigenvalue weighted by Crippen LogP contribution is 2.48. The summed E-state index contributed by atoms with van der Waals surface area (Å²) in [6, 6.07) is 11.7. The number of halogens is 1. The van der Waals surface area contributed by atoms with Crippen LogP contribution in [0.4, 0.5) is 5.69 Å². The number of aryl methyl sites for hydroxylation is 1. The Morgan fingerprint density at radius 3 is 2.56 bits per heavy atom. The summed E-state index contributed by atoms with van der Waals surface area (Å²) in [5.41, 5.74) is 2.05. The number of aldehydes is 1. The molecule has 14 heteroatoms. The summed E-state index contributed by atoms with van der Waals surface area (Å²) in [5, 5.41) is 3.18. The monoisotopic (exact) mass is 824 g/mol. The number of nitrogens with zero attached hydrogens (tertiary/aromatic N) is 2. The smallest absolute Gasteiger partial charge is 0.307 e. The van der Waals surface area contributed by atoms with Gasteiger partial charge < -0.3 is 24.4 Å². The summed E-state index contributed by atoms with van der Waals surface area (Å²) >= 11 is 6.40. The summed E-state index contributed by atoms with van der Waals surface area (Å²) in [7, 11) is -2.41. The number of sulfonamides is 1. The Kier molecular flexibility index (Phi) is 12.7. The molecule has 2 N–H and O–H groups in total. The summed E-state index contributed by atoms with van der Waals surface area (Å²) in [6.45, 7) is 10.0. The highest BCUT2D eigenvalue weighted by molar-refractivity contribution is 7.90. The maximum atomic E-state index is 13.4. The molecule has 0 radical (unpaired) electrons. The molecule has 7 atom stereocenters. The molecule has 4 aliphatic heterocycles. The van der Waals surface area contributed by atoms with Gasteiger partial charge in [-0.15, -0.1) is 0 Å². The second-order valence-corrected chi connectivity index (χ2v) is 19.3. The van der Waals surface area contributed by atoms with E-state index in [-0.39, 0.29) is 34.7 Å². The molecule has 4 heterocycles. The number of esters is 1. The minimum atomic E-state index is -3.97. The number of carbonyl (C=O) groups is 3. The van der Waals surface area contributed by atoms with Gasteiger partial charge in [0.05, 0.1) is 30.6 Å². The highest BCUT2D eigenvalue weighted by atomic mass is 35.5. The van der Waals surface area contributed by atoms with Crippen LogP contribution in [0.3, 0.4) is 0 Å². The maximum Gasteiger partial charge on any atom is 0.307 e. The number of carbonyl (C=O) groups excluding carboxylic acids is 3. The first-order valence-electron chi connectivity index (χ1n) is 20.5. The van der Waals surface area contributed by atoms with Crippen molar-refractivity contribution in [2.45, 2.75) is 87.5 Å². The minimum absolute atomic E-state index is 0.0326. The van der Waals surface area contributed by atoms with Crippen LogP contribution in [-0.4, -0.2) is 108 Å². The zero-order chi connectivity index (χ0) is 40.4. The highest BCUT2D eigenvalue weighted by Gasteiger charge is 2.49. The number of allylic oxidation sites excluding steroid dienone is 1. The Balaban J connectivity index is 0.000000322. The molecule has 3 fully saturated rings. The van der Waals surface area contributed by atoms with Gasteiger partial charge in [-0.3, -0.25) is 19.3 Å². The van der Waals surface area contributed by atoms with Crippen molar-refractivity contribution in [3.8, 4) is 5.75 Å². The van der Waals surface area contributed by atoms with Gasteiger partial charge in [-0.05, 0) is 111 Å². The van der Waals surface area contributed by atoms with Gasteiger partial charge in [0, 0.05) is 74.3 Å². The van der Waals surface area contributed by atoms with Crippen LogP contribution in [0.15, 0.2) is 48.6 Å². The van der Waals surface area contributed by atoms with Crippen LogP contribution in [0.1, 0.15) is 80.3 Å². The lowest BCUT2D eigenvalue weighted by molar-refractivity contribution is -0.150. The number of rotatable bonds is 3. The number of cyclic esters (lactones) is 1. The van der Waals surface area contributed by atoms with Crippen molar-refractivity contribution >= 4 is 45.5 Å². The molecule has 2 aromatic rings. The van der Waals surface area contributed by atoms with E-state index in [0.29, 0.717) is 56.0 Å². The Hall–Kier alpha value is -3.49. The van der Waals surface area contributed by atoms with Gasteiger partial charge in [0.1, 0.15) is 11.4 Å². The molecular formula is C43H57ClN4O8S. The number of methoxy groups -OCH3 is 1. The zero-order valence-corrected chi connectivity index (χ0v) is 34.9. The molecule has 310 valence electrons. The molecule has 2 saturated heterocycles. The first-order chi connectivity index (χ1) is 27.4. The third-order valence-electron chi connectivity index (χ3n) is 13.5. The van der Waals surface area contributed by atoms with Crippen molar-refractivity contribution in [2.24, 2.45) is 17.8 Å². The maximum absolute atomic E-state index is 13.4. The molecule has 8 rings (SSSR count). The van der Waals surface area contributed by atoms with Gasteiger partial charge in [-0.25, -0.2) is 13.1 Å². The van der Waals surface area contributed by atoms with E-state index in [2.05, 4.69) is 32.0 Å². The SMILES string of the molecule is CO[C@@]1(C=O)/C=C/C[C@H](C)[C@@H](C)S(=O)(=O)NC(=O)c2ccc3c(c2)N(C[C@@H]2CC[C@H]21)C[C@@]1(CCCc2cc(Cl)ccc21)CO3.O=C1CC(N2CCNCC2)CCO1. The van der Waals surface area contributed by atoms with Crippen LogP contribution in [0.2, 0.25) is 5.02 Å². The normalized spacial score (nSPS) is 33.3. The Morgan fingerprint density at radius 1 is 1.04 bits per heavy atom. The average molecular weight is 825 g/mol. The molecule has 2 bridgehead atoms. The van der Waals surface area contributed by atoms with Crippen molar-refractivity contribution in [3.05, 3.63) is 70.3 Å². The molecule has 57 heavy (non-hydrogen) atoms. The van der Waals surface area contributed by atoms with Crippen molar-refractivity contribution in [2.75, 3.05) is 64.5 Å². The Bertz CT molecular complexity index is 1960. The Morgan fingerprint density at radius 2 is 1.84 bits per heavy atom. The molecule has 1 saturated carbocycles. The number of benzene rings is 2. The van der Waals surface area contributed by atoms with Gasteiger partial charge in [0.2, 0.25) is 10.0 Å². The van der Waals surface area contributed by atoms with Gasteiger partial charge in [0.25, 0.3) is 5.91 Å². The largest absolute Gasteiger partial charge is 0.490 e. The fraction of sp³-hybridized carbons (Fsp3) is 0.605. The van der Waals surface area contributed by atoms with Crippen molar-refractivity contribution in [3.63, 3.8) is 0 Å². The fourth-order valence-electron chi connectivity index (χ4n) is 9.70. The number of fused-ring (bicyclic) bond motifs is 4. The molecule has 6 aliphatic rings. The lowest BCUT2D eigenvalue weighted by Gasteiger charge is -2.48. The van der Waals surface area contributed by atoms with Gasteiger partial charge >= 0.3 is 5.97 Å². The van der Waals surface area contributed by atoms with Crippen molar-refractivity contribution in [1.82, 2.24) is 14.9 Å². The third-order valence-corrected chi connectivity index (χ3v) is 15.6. The van der Waals surface area contributed by atoms with Crippen LogP contribution in [0.25, 0.3) is 0 Å². The van der Waals surface area contributed by atoms with Gasteiger partial charge in [0.15, 0.2) is 6.29 Å². The molecule has 1 unspecified atom stereocenters. The number of nitrogens with one attached hydrogen (secondary N) is 2. The second-order valence-electron chi connectivity index (χ2n) is 16.9. The van der Waals surface area contributed by atoms with Gasteiger partial charge in [-0.2, -0.15) is 0 Å². The van der Waals surface area contributed by atoms with Crippen LogP contribution in [-0.2, 0) is 40.9 Å². The lowest BCUT2D eigenvalue weighted by atomic mass is 9.64. The zero-order valence-electron chi connectivity index (χ0n) is 33.3. The third kappa shape index (κ3) is 8.78. The first kappa shape index (κ1) is 41.7. The number of piperazine rings is 1. The molecule has 0 aromatic heterocycles. The van der Waals surface area contributed by atoms with E-state index in [1.165, 1.54) is 11.1 Å². The van der Waals surface area contributed by atoms with E-state index >= 15 is 0 Å². The summed E-state index contributed by atoms with van der Waals surface area (Å²) in [4.78, 5) is 41.8. The number of hydrogen-bond acceptors (Lipinski definition) is 11.